The first-order valence-corrected chi connectivity index (χ1v) is 7.33. The number of nitrogens with one attached hydrogen (secondary N) is 1. The van der Waals surface area contributed by atoms with Crippen molar-refractivity contribution in [1.82, 2.24) is 15.1 Å². The van der Waals surface area contributed by atoms with Crippen LogP contribution in [0.15, 0.2) is 4.47 Å². The molecule has 17 heavy (non-hydrogen) atoms. The van der Waals surface area contributed by atoms with E-state index in [1.165, 1.54) is 18.5 Å². The van der Waals surface area contributed by atoms with E-state index >= 15 is 0 Å². The summed E-state index contributed by atoms with van der Waals surface area (Å²) in [5.74, 6) is 1.37. The van der Waals surface area contributed by atoms with Gasteiger partial charge >= 0.3 is 0 Å². The second-order valence-electron chi connectivity index (χ2n) is 4.55. The van der Waals surface area contributed by atoms with Crippen LogP contribution in [-0.4, -0.2) is 22.2 Å². The van der Waals surface area contributed by atoms with Crippen LogP contribution in [0, 0.1) is 12.8 Å². The third-order valence-corrected chi connectivity index (χ3v) is 4.43. The lowest BCUT2D eigenvalue weighted by atomic mass is 10.1. The molecule has 0 radical (unpaired) electrons. The zero-order valence-electron chi connectivity index (χ0n) is 10.8. The van der Waals surface area contributed by atoms with E-state index in [1.807, 2.05) is 18.7 Å². The molecule has 0 fully saturated rings. The average molecular weight is 323 g/mol. The maximum atomic E-state index is 5.77. The molecule has 3 nitrogen and oxygen atoms in total. The number of hydrogen-bond acceptors (Lipinski definition) is 2. The van der Waals surface area contributed by atoms with Crippen LogP contribution in [0.25, 0.3) is 0 Å². The fourth-order valence-electron chi connectivity index (χ4n) is 1.73. The first-order valence-electron chi connectivity index (χ1n) is 6.01. The van der Waals surface area contributed by atoms with Crippen molar-refractivity contribution in [2.45, 2.75) is 33.2 Å². The molecule has 0 amide bonds. The van der Waals surface area contributed by atoms with Gasteiger partial charge in [-0.3, -0.25) is 4.68 Å². The first-order chi connectivity index (χ1) is 8.06. The molecular formula is C12H21BrClN3. The summed E-state index contributed by atoms with van der Waals surface area (Å²) in [6.45, 7) is 6.08. The predicted octanol–water partition coefficient (Wildman–Crippen LogP) is 3.24. The van der Waals surface area contributed by atoms with Gasteiger partial charge in [-0.15, -0.1) is 11.6 Å². The Morgan fingerprint density at radius 2 is 2.24 bits per heavy atom. The molecule has 0 aliphatic heterocycles. The van der Waals surface area contributed by atoms with Crippen molar-refractivity contribution in [1.29, 1.82) is 0 Å². The van der Waals surface area contributed by atoms with Crippen LogP contribution in [0.4, 0.5) is 0 Å². The molecule has 0 saturated carbocycles. The summed E-state index contributed by atoms with van der Waals surface area (Å²) < 4.78 is 3.04. The molecular weight excluding hydrogens is 302 g/mol. The molecule has 1 aromatic rings. The van der Waals surface area contributed by atoms with Crippen LogP contribution >= 0.6 is 27.5 Å². The Kier molecular flexibility index (Phi) is 6.52. The number of rotatable bonds is 7. The predicted molar refractivity (Wildman–Crippen MR) is 76.5 cm³/mol. The quantitative estimate of drug-likeness (QED) is 0.617. The monoisotopic (exact) mass is 321 g/mol. The van der Waals surface area contributed by atoms with Gasteiger partial charge in [0.2, 0.25) is 0 Å². The summed E-state index contributed by atoms with van der Waals surface area (Å²) in [6.07, 6.45) is 2.35. The van der Waals surface area contributed by atoms with Gasteiger partial charge in [0.25, 0.3) is 0 Å². The van der Waals surface area contributed by atoms with Gasteiger partial charge in [0.1, 0.15) is 0 Å². The van der Waals surface area contributed by atoms with E-state index in [-0.39, 0.29) is 0 Å². The van der Waals surface area contributed by atoms with Gasteiger partial charge < -0.3 is 5.32 Å². The molecule has 1 rings (SSSR count). The molecule has 1 heterocycles. The van der Waals surface area contributed by atoms with Crippen LogP contribution in [0.3, 0.4) is 0 Å². The number of aromatic nitrogens is 2. The Balaban J connectivity index is 2.27. The summed E-state index contributed by atoms with van der Waals surface area (Å²) >= 11 is 9.33. The lowest BCUT2D eigenvalue weighted by Crippen LogP contribution is -2.18. The minimum atomic E-state index is 0.615. The van der Waals surface area contributed by atoms with E-state index in [0.717, 1.165) is 29.1 Å². The molecule has 0 bridgehead atoms. The fraction of sp³-hybridized carbons (Fsp3) is 0.750. The topological polar surface area (TPSA) is 29.9 Å². The number of hydrogen-bond donors (Lipinski definition) is 1. The van der Waals surface area contributed by atoms with Gasteiger partial charge in [0.15, 0.2) is 0 Å². The summed E-state index contributed by atoms with van der Waals surface area (Å²) in [7, 11) is 1.98. The molecule has 0 saturated heterocycles. The summed E-state index contributed by atoms with van der Waals surface area (Å²) in [4.78, 5) is 0. The molecule has 1 atom stereocenters. The van der Waals surface area contributed by atoms with Crippen molar-refractivity contribution in [3.8, 4) is 0 Å². The SMILES string of the molecule is Cc1nn(C)c(CNCCCC(C)CCl)c1Br. The minimum Gasteiger partial charge on any atom is -0.311 e. The van der Waals surface area contributed by atoms with Gasteiger partial charge in [0, 0.05) is 19.5 Å². The van der Waals surface area contributed by atoms with Crippen LogP contribution in [0.5, 0.6) is 0 Å². The molecule has 0 aliphatic carbocycles. The molecule has 0 aromatic carbocycles. The standard InChI is InChI=1S/C12H21BrClN3/c1-9(7-14)5-4-6-15-8-11-12(13)10(2)16-17(11)3/h9,15H,4-8H2,1-3H3. The minimum absolute atomic E-state index is 0.615. The molecule has 5 heteroatoms. The van der Waals surface area contributed by atoms with E-state index in [9.17, 15) is 0 Å². The Morgan fingerprint density at radius 3 is 2.76 bits per heavy atom. The third-order valence-electron chi connectivity index (χ3n) is 2.87. The Morgan fingerprint density at radius 1 is 1.53 bits per heavy atom. The van der Waals surface area contributed by atoms with E-state index in [1.54, 1.807) is 0 Å². The molecule has 0 aliphatic rings. The molecule has 1 aromatic heterocycles. The molecule has 0 spiro atoms. The number of aryl methyl sites for hydroxylation is 2. The maximum absolute atomic E-state index is 5.77. The lowest BCUT2D eigenvalue weighted by molar-refractivity contribution is 0.524. The highest BCUT2D eigenvalue weighted by molar-refractivity contribution is 9.10. The maximum Gasteiger partial charge on any atom is 0.0739 e. The third kappa shape index (κ3) is 4.60. The second kappa shape index (κ2) is 7.39. The Hall–Kier alpha value is -0.0600. The van der Waals surface area contributed by atoms with Gasteiger partial charge in [0.05, 0.1) is 15.9 Å². The van der Waals surface area contributed by atoms with Crippen LogP contribution in [-0.2, 0) is 13.6 Å². The molecule has 1 N–H and O–H groups in total. The fourth-order valence-corrected chi connectivity index (χ4v) is 2.36. The van der Waals surface area contributed by atoms with E-state index < -0.39 is 0 Å². The van der Waals surface area contributed by atoms with Crippen molar-refractivity contribution < 1.29 is 0 Å². The number of nitrogens with zero attached hydrogens (tertiary/aromatic N) is 2. The van der Waals surface area contributed by atoms with Crippen molar-refractivity contribution >= 4 is 27.5 Å². The van der Waals surface area contributed by atoms with Gasteiger partial charge in [-0.1, -0.05) is 6.92 Å². The largest absolute Gasteiger partial charge is 0.311 e. The van der Waals surface area contributed by atoms with Crippen molar-refractivity contribution in [2.75, 3.05) is 12.4 Å². The lowest BCUT2D eigenvalue weighted by Gasteiger charge is -2.08. The highest BCUT2D eigenvalue weighted by atomic mass is 79.9. The van der Waals surface area contributed by atoms with Gasteiger partial charge in [-0.25, -0.2) is 0 Å². The zero-order valence-corrected chi connectivity index (χ0v) is 13.1. The van der Waals surface area contributed by atoms with E-state index in [2.05, 4.69) is 33.3 Å². The summed E-state index contributed by atoms with van der Waals surface area (Å²) in [6, 6.07) is 0. The highest BCUT2D eigenvalue weighted by Crippen LogP contribution is 2.19. The van der Waals surface area contributed by atoms with E-state index in [4.69, 9.17) is 11.6 Å². The van der Waals surface area contributed by atoms with Crippen LogP contribution in [0.2, 0.25) is 0 Å². The Labute approximate surface area is 117 Å². The van der Waals surface area contributed by atoms with Gasteiger partial charge in [-0.2, -0.15) is 5.10 Å². The number of alkyl halides is 1. The first kappa shape index (κ1) is 15.0. The van der Waals surface area contributed by atoms with Crippen molar-refractivity contribution in [3.05, 3.63) is 15.9 Å². The zero-order chi connectivity index (χ0) is 12.8. The highest BCUT2D eigenvalue weighted by Gasteiger charge is 2.09. The van der Waals surface area contributed by atoms with Crippen LogP contribution < -0.4 is 5.32 Å². The molecule has 98 valence electrons. The van der Waals surface area contributed by atoms with E-state index in [0.29, 0.717) is 5.92 Å². The Bertz CT molecular complexity index is 352. The van der Waals surface area contributed by atoms with Crippen LogP contribution in [0.1, 0.15) is 31.2 Å². The molecule has 1 unspecified atom stereocenters. The van der Waals surface area contributed by atoms with Crippen molar-refractivity contribution in [2.24, 2.45) is 13.0 Å². The smallest absolute Gasteiger partial charge is 0.0739 e. The number of halogens is 2. The summed E-state index contributed by atoms with van der Waals surface area (Å²) in [5, 5.41) is 7.81. The normalized spacial score (nSPS) is 13.0. The summed E-state index contributed by atoms with van der Waals surface area (Å²) in [5.41, 5.74) is 2.24. The second-order valence-corrected chi connectivity index (χ2v) is 5.65. The van der Waals surface area contributed by atoms with Gasteiger partial charge in [-0.05, 0) is 48.2 Å². The van der Waals surface area contributed by atoms with Crippen molar-refractivity contribution in [3.63, 3.8) is 0 Å². The average Bonchev–Trinajstić information content (AvgIpc) is 2.54.